The monoisotopic (exact) mass is 239 g/mol. The van der Waals surface area contributed by atoms with E-state index in [1.807, 2.05) is 52.2 Å². The van der Waals surface area contributed by atoms with E-state index in [2.05, 4.69) is 6.92 Å². The van der Waals surface area contributed by atoms with E-state index in [1.165, 1.54) is 5.56 Å². The zero-order valence-electron chi connectivity index (χ0n) is 10.8. The van der Waals surface area contributed by atoms with Crippen LogP contribution in [0.2, 0.25) is 0 Å². The van der Waals surface area contributed by atoms with Gasteiger partial charge in [-0.1, -0.05) is 39.0 Å². The molecule has 0 amide bonds. The smallest absolute Gasteiger partial charge is 0.264 e. The van der Waals surface area contributed by atoms with Crippen molar-refractivity contribution < 1.29 is 4.74 Å². The summed E-state index contributed by atoms with van der Waals surface area (Å²) in [5, 5.41) is 0.492. The van der Waals surface area contributed by atoms with Crippen molar-refractivity contribution in [3.8, 4) is 5.75 Å². The third-order valence-corrected chi connectivity index (χ3v) is 2.36. The number of benzene rings is 1. The maximum Gasteiger partial charge on any atom is 0.264 e. The standard InChI is InChI=1S/C11H15NOS.C2H6/c1-4-9-7-5-6-8-10(9)13-11(14)12(2)3;1-2/h5-8H,4H2,1-3H3;1-2H3. The number of thiocarbonyl (C=S) groups is 1. The Kier molecular flexibility index (Phi) is 7.56. The van der Waals surface area contributed by atoms with Gasteiger partial charge < -0.3 is 9.64 Å². The average Bonchev–Trinajstić information content (AvgIpc) is 2.32. The molecule has 0 aliphatic carbocycles. The second-order valence-corrected chi connectivity index (χ2v) is 3.57. The van der Waals surface area contributed by atoms with Crippen LogP contribution in [0.3, 0.4) is 0 Å². The maximum atomic E-state index is 5.56. The minimum Gasteiger partial charge on any atom is -0.432 e. The highest BCUT2D eigenvalue weighted by molar-refractivity contribution is 7.80. The van der Waals surface area contributed by atoms with Crippen LogP contribution < -0.4 is 4.74 Å². The first-order valence-corrected chi connectivity index (χ1v) is 6.03. The molecule has 0 radical (unpaired) electrons. The quantitative estimate of drug-likeness (QED) is 0.733. The minimum absolute atomic E-state index is 0.492. The van der Waals surface area contributed by atoms with Crippen LogP contribution >= 0.6 is 12.2 Å². The topological polar surface area (TPSA) is 12.5 Å². The van der Waals surface area contributed by atoms with Crippen LogP contribution in [-0.2, 0) is 6.42 Å². The number of hydrogen-bond acceptors (Lipinski definition) is 2. The molecule has 0 aliphatic rings. The van der Waals surface area contributed by atoms with Gasteiger partial charge in [-0.25, -0.2) is 0 Å². The predicted molar refractivity (Wildman–Crippen MR) is 74.1 cm³/mol. The molecule has 16 heavy (non-hydrogen) atoms. The van der Waals surface area contributed by atoms with Gasteiger partial charge >= 0.3 is 0 Å². The van der Waals surface area contributed by atoms with E-state index >= 15 is 0 Å². The first kappa shape index (κ1) is 14.9. The molecule has 0 heterocycles. The lowest BCUT2D eigenvalue weighted by Gasteiger charge is -2.15. The summed E-state index contributed by atoms with van der Waals surface area (Å²) in [6.45, 7) is 6.10. The summed E-state index contributed by atoms with van der Waals surface area (Å²) >= 11 is 5.07. The maximum absolute atomic E-state index is 5.56. The Hall–Kier alpha value is -1.09. The minimum atomic E-state index is 0.492. The number of aryl methyl sites for hydroxylation is 1. The van der Waals surface area contributed by atoms with E-state index in [0.29, 0.717) is 5.17 Å². The summed E-state index contributed by atoms with van der Waals surface area (Å²) in [7, 11) is 3.74. The Morgan fingerprint density at radius 2 is 1.81 bits per heavy atom. The number of ether oxygens (including phenoxy) is 1. The lowest BCUT2D eigenvalue weighted by molar-refractivity contribution is 0.446. The van der Waals surface area contributed by atoms with Crippen molar-refractivity contribution in [3.05, 3.63) is 29.8 Å². The van der Waals surface area contributed by atoms with E-state index in [0.717, 1.165) is 12.2 Å². The van der Waals surface area contributed by atoms with Gasteiger partial charge in [0.15, 0.2) is 0 Å². The van der Waals surface area contributed by atoms with Gasteiger partial charge in [0.05, 0.1) is 0 Å². The van der Waals surface area contributed by atoms with Crippen molar-refractivity contribution in [1.29, 1.82) is 0 Å². The normalized spacial score (nSPS) is 8.81. The summed E-state index contributed by atoms with van der Waals surface area (Å²) in [6.07, 6.45) is 0.951. The van der Waals surface area contributed by atoms with E-state index < -0.39 is 0 Å². The summed E-state index contributed by atoms with van der Waals surface area (Å²) in [5.74, 6) is 0.855. The Bertz CT molecular complexity index is 323. The van der Waals surface area contributed by atoms with Crippen molar-refractivity contribution in [1.82, 2.24) is 4.90 Å². The molecular formula is C13H21NOS. The first-order chi connectivity index (χ1) is 7.65. The molecule has 0 bridgehead atoms. The zero-order valence-corrected chi connectivity index (χ0v) is 11.6. The molecule has 0 fully saturated rings. The second-order valence-electron chi connectivity index (χ2n) is 3.22. The van der Waals surface area contributed by atoms with Crippen LogP contribution in [-0.4, -0.2) is 24.2 Å². The number of para-hydroxylation sites is 1. The van der Waals surface area contributed by atoms with Gasteiger partial charge in [-0.2, -0.15) is 0 Å². The molecule has 0 aliphatic heterocycles. The van der Waals surface area contributed by atoms with Gasteiger partial charge in [-0.15, -0.1) is 0 Å². The molecule has 0 spiro atoms. The van der Waals surface area contributed by atoms with Crippen LogP contribution in [0.25, 0.3) is 0 Å². The molecular weight excluding hydrogens is 218 g/mol. The molecule has 1 aromatic carbocycles. The molecule has 0 saturated carbocycles. The third-order valence-electron chi connectivity index (χ3n) is 1.92. The molecule has 0 unspecified atom stereocenters. The Morgan fingerprint density at radius 3 is 2.31 bits per heavy atom. The highest BCUT2D eigenvalue weighted by atomic mass is 32.1. The van der Waals surface area contributed by atoms with Gasteiger partial charge in [0.1, 0.15) is 5.75 Å². The summed E-state index contributed by atoms with van der Waals surface area (Å²) in [6, 6.07) is 7.94. The fraction of sp³-hybridized carbons (Fsp3) is 0.462. The fourth-order valence-corrected chi connectivity index (χ4v) is 1.17. The SMILES string of the molecule is CC.CCc1ccccc1OC(=S)N(C)C. The Morgan fingerprint density at radius 1 is 1.25 bits per heavy atom. The molecule has 0 saturated heterocycles. The van der Waals surface area contributed by atoms with Crippen LogP contribution in [0.15, 0.2) is 24.3 Å². The van der Waals surface area contributed by atoms with Crippen molar-refractivity contribution in [2.24, 2.45) is 0 Å². The molecule has 90 valence electrons. The Balaban J connectivity index is 0.00000106. The largest absolute Gasteiger partial charge is 0.432 e. The molecule has 0 atom stereocenters. The molecule has 2 nitrogen and oxygen atoms in total. The average molecular weight is 239 g/mol. The number of hydrogen-bond donors (Lipinski definition) is 0. The fourth-order valence-electron chi connectivity index (χ4n) is 1.08. The van der Waals surface area contributed by atoms with Crippen LogP contribution in [0.1, 0.15) is 26.3 Å². The van der Waals surface area contributed by atoms with E-state index in [4.69, 9.17) is 17.0 Å². The molecule has 0 N–H and O–H groups in total. The molecule has 0 aromatic heterocycles. The van der Waals surface area contributed by atoms with Gasteiger partial charge in [-0.05, 0) is 30.3 Å². The number of nitrogens with zero attached hydrogens (tertiary/aromatic N) is 1. The van der Waals surface area contributed by atoms with Crippen molar-refractivity contribution in [2.45, 2.75) is 27.2 Å². The molecule has 1 aromatic rings. The van der Waals surface area contributed by atoms with Crippen LogP contribution in [0, 0.1) is 0 Å². The van der Waals surface area contributed by atoms with E-state index in [9.17, 15) is 0 Å². The highest BCUT2D eigenvalue weighted by Gasteiger charge is 2.05. The number of rotatable bonds is 2. The van der Waals surface area contributed by atoms with Gasteiger partial charge in [0.2, 0.25) is 0 Å². The zero-order chi connectivity index (χ0) is 12.6. The summed E-state index contributed by atoms with van der Waals surface area (Å²) in [4.78, 5) is 1.78. The lowest BCUT2D eigenvalue weighted by atomic mass is 10.1. The second kappa shape index (κ2) is 8.11. The summed E-state index contributed by atoms with van der Waals surface area (Å²) in [5.41, 5.74) is 1.18. The van der Waals surface area contributed by atoms with Gasteiger partial charge in [0.25, 0.3) is 5.17 Å². The van der Waals surface area contributed by atoms with Gasteiger partial charge in [0, 0.05) is 14.1 Å². The van der Waals surface area contributed by atoms with Crippen LogP contribution in [0.5, 0.6) is 5.75 Å². The Labute approximate surface area is 104 Å². The predicted octanol–water partition coefficient (Wildman–Crippen LogP) is 3.50. The van der Waals surface area contributed by atoms with Crippen molar-refractivity contribution >= 4 is 17.4 Å². The summed E-state index contributed by atoms with van der Waals surface area (Å²) < 4.78 is 5.56. The van der Waals surface area contributed by atoms with Gasteiger partial charge in [-0.3, -0.25) is 0 Å². The van der Waals surface area contributed by atoms with E-state index in [1.54, 1.807) is 4.90 Å². The highest BCUT2D eigenvalue weighted by Crippen LogP contribution is 2.18. The van der Waals surface area contributed by atoms with E-state index in [-0.39, 0.29) is 0 Å². The molecule has 1 rings (SSSR count). The van der Waals surface area contributed by atoms with Crippen molar-refractivity contribution in [3.63, 3.8) is 0 Å². The lowest BCUT2D eigenvalue weighted by Crippen LogP contribution is -2.25. The van der Waals surface area contributed by atoms with Crippen LogP contribution in [0.4, 0.5) is 0 Å². The molecule has 3 heteroatoms. The third kappa shape index (κ3) is 4.62. The first-order valence-electron chi connectivity index (χ1n) is 5.62. The van der Waals surface area contributed by atoms with Crippen molar-refractivity contribution in [2.75, 3.05) is 14.1 Å².